The zero-order valence-corrected chi connectivity index (χ0v) is 7.10. The van der Waals surface area contributed by atoms with Crippen LogP contribution in [0.25, 0.3) is 11.3 Å². The van der Waals surface area contributed by atoms with Gasteiger partial charge in [0.15, 0.2) is 0 Å². The monoisotopic (exact) mass is 177 g/mol. The summed E-state index contributed by atoms with van der Waals surface area (Å²) < 4.78 is 5.39. The summed E-state index contributed by atoms with van der Waals surface area (Å²) in [6.45, 7) is 0. The highest BCUT2D eigenvalue weighted by atomic mass is 32.1. The molecule has 1 heterocycles. The van der Waals surface area contributed by atoms with Crippen LogP contribution in [-0.2, 0) is 0 Å². The quantitative estimate of drug-likeness (QED) is 0.678. The van der Waals surface area contributed by atoms with Gasteiger partial charge in [-0.25, -0.2) is 5.16 Å². The van der Waals surface area contributed by atoms with Crippen molar-refractivity contribution in [3.8, 4) is 11.3 Å². The van der Waals surface area contributed by atoms with Gasteiger partial charge in [0.25, 0.3) is 0 Å². The maximum absolute atomic E-state index is 4.91. The van der Waals surface area contributed by atoms with Crippen LogP contribution in [-0.4, -0.2) is 5.16 Å². The first kappa shape index (κ1) is 7.31. The first-order valence-electron chi connectivity index (χ1n) is 3.60. The molecule has 0 saturated heterocycles. The van der Waals surface area contributed by atoms with Gasteiger partial charge in [-0.1, -0.05) is 30.3 Å². The van der Waals surface area contributed by atoms with Gasteiger partial charge in [-0.2, -0.15) is 0 Å². The number of rotatable bonds is 1. The number of aromatic amines is 1. The van der Waals surface area contributed by atoms with E-state index in [1.54, 1.807) is 6.07 Å². The molecule has 0 atom stereocenters. The van der Waals surface area contributed by atoms with Gasteiger partial charge in [0, 0.05) is 11.6 Å². The normalized spacial score (nSPS) is 10.0. The predicted octanol–water partition coefficient (Wildman–Crippen LogP) is 3.00. The van der Waals surface area contributed by atoms with Gasteiger partial charge >= 0.3 is 0 Å². The molecule has 2 aromatic rings. The number of hydrogen-bond donors (Lipinski definition) is 1. The van der Waals surface area contributed by atoms with E-state index in [1.165, 1.54) is 0 Å². The molecule has 2 rings (SSSR count). The van der Waals surface area contributed by atoms with Gasteiger partial charge in [-0.15, -0.1) is 0 Å². The Kier molecular flexibility index (Phi) is 1.80. The van der Waals surface area contributed by atoms with Crippen LogP contribution in [0.15, 0.2) is 40.9 Å². The Balaban J connectivity index is 2.51. The Hall–Kier alpha value is -1.35. The number of nitrogens with one attached hydrogen (secondary N) is 1. The van der Waals surface area contributed by atoms with Gasteiger partial charge in [0.1, 0.15) is 0 Å². The molecule has 0 aliphatic carbocycles. The molecule has 0 radical (unpaired) electrons. The number of hydrogen-bond acceptors (Lipinski definition) is 2. The first-order chi connectivity index (χ1) is 5.86. The molecule has 0 aliphatic rings. The van der Waals surface area contributed by atoms with Crippen LogP contribution in [0.5, 0.6) is 0 Å². The average molecular weight is 177 g/mol. The second-order valence-corrected chi connectivity index (χ2v) is 2.85. The van der Waals surface area contributed by atoms with E-state index < -0.39 is 0 Å². The van der Waals surface area contributed by atoms with Crippen molar-refractivity contribution < 1.29 is 4.52 Å². The van der Waals surface area contributed by atoms with Crippen LogP contribution in [0.3, 0.4) is 0 Å². The van der Waals surface area contributed by atoms with E-state index >= 15 is 0 Å². The SMILES string of the molecule is S=c1cc(-c2ccccc2)[nH]o1. The van der Waals surface area contributed by atoms with Crippen molar-refractivity contribution in [2.45, 2.75) is 0 Å². The molecule has 0 amide bonds. The first-order valence-corrected chi connectivity index (χ1v) is 4.01. The lowest BCUT2D eigenvalue weighted by Gasteiger charge is -1.92. The predicted molar refractivity (Wildman–Crippen MR) is 49.3 cm³/mol. The van der Waals surface area contributed by atoms with Crippen molar-refractivity contribution in [1.82, 2.24) is 5.16 Å². The lowest BCUT2D eigenvalue weighted by molar-refractivity contribution is 0.410. The fourth-order valence-corrected chi connectivity index (χ4v) is 1.20. The minimum Gasteiger partial charge on any atom is -0.370 e. The largest absolute Gasteiger partial charge is 0.370 e. The topological polar surface area (TPSA) is 28.9 Å². The molecule has 2 nitrogen and oxygen atoms in total. The van der Waals surface area contributed by atoms with E-state index in [4.69, 9.17) is 16.7 Å². The molecule has 0 unspecified atom stereocenters. The summed E-state index contributed by atoms with van der Waals surface area (Å²) >= 11 is 4.83. The lowest BCUT2D eigenvalue weighted by atomic mass is 10.2. The molecular formula is C9H7NOS. The fourth-order valence-electron chi connectivity index (χ4n) is 1.04. The molecule has 1 aromatic heterocycles. The molecule has 0 saturated carbocycles. The average Bonchev–Trinajstić information content (AvgIpc) is 2.54. The Bertz CT molecular complexity index is 415. The maximum atomic E-state index is 4.91. The molecular weight excluding hydrogens is 170 g/mol. The van der Waals surface area contributed by atoms with Gasteiger partial charge in [0.2, 0.25) is 4.71 Å². The van der Waals surface area contributed by atoms with Crippen molar-refractivity contribution in [1.29, 1.82) is 0 Å². The smallest absolute Gasteiger partial charge is 0.220 e. The Morgan fingerprint density at radius 3 is 2.50 bits per heavy atom. The van der Waals surface area contributed by atoms with Crippen LogP contribution in [0.2, 0.25) is 0 Å². The minimum atomic E-state index is 0.480. The summed E-state index contributed by atoms with van der Waals surface area (Å²) in [5.74, 6) is 0. The third-order valence-corrected chi connectivity index (χ3v) is 1.81. The molecule has 1 N–H and O–H groups in total. The number of aromatic nitrogens is 1. The summed E-state index contributed by atoms with van der Waals surface area (Å²) in [5.41, 5.74) is 2.00. The van der Waals surface area contributed by atoms with Gasteiger partial charge < -0.3 is 4.52 Å². The van der Waals surface area contributed by atoms with Crippen molar-refractivity contribution >= 4 is 12.2 Å². The molecule has 0 fully saturated rings. The zero-order chi connectivity index (χ0) is 8.39. The standard InChI is InChI=1S/C9H7NOS/c12-9-6-8(10-11-9)7-4-2-1-3-5-7/h1-6,10H. The van der Waals surface area contributed by atoms with Crippen molar-refractivity contribution in [2.75, 3.05) is 0 Å². The van der Waals surface area contributed by atoms with Crippen LogP contribution >= 0.6 is 12.2 Å². The molecule has 60 valence electrons. The van der Waals surface area contributed by atoms with Crippen LogP contribution < -0.4 is 0 Å². The fraction of sp³-hybridized carbons (Fsp3) is 0. The highest BCUT2D eigenvalue weighted by Gasteiger charge is 1.97. The Morgan fingerprint density at radius 2 is 1.92 bits per heavy atom. The Morgan fingerprint density at radius 1 is 1.17 bits per heavy atom. The number of benzene rings is 1. The summed E-state index contributed by atoms with van der Waals surface area (Å²) in [4.78, 5) is 0. The molecule has 1 aromatic carbocycles. The third-order valence-electron chi connectivity index (χ3n) is 1.61. The van der Waals surface area contributed by atoms with Crippen LogP contribution in [0, 0.1) is 4.71 Å². The number of H-pyrrole nitrogens is 1. The van der Waals surface area contributed by atoms with E-state index in [-0.39, 0.29) is 0 Å². The van der Waals surface area contributed by atoms with Crippen LogP contribution in [0.4, 0.5) is 0 Å². The summed E-state index contributed by atoms with van der Waals surface area (Å²) in [5, 5.41) is 2.74. The van der Waals surface area contributed by atoms with E-state index in [0.717, 1.165) is 11.3 Å². The second-order valence-electron chi connectivity index (χ2n) is 2.45. The maximum Gasteiger partial charge on any atom is 0.220 e. The summed E-state index contributed by atoms with van der Waals surface area (Å²) in [6, 6.07) is 11.7. The van der Waals surface area contributed by atoms with Crippen molar-refractivity contribution in [2.24, 2.45) is 0 Å². The molecule has 12 heavy (non-hydrogen) atoms. The van der Waals surface area contributed by atoms with Gasteiger partial charge in [-0.3, -0.25) is 0 Å². The second kappa shape index (κ2) is 2.95. The van der Waals surface area contributed by atoms with E-state index in [1.807, 2.05) is 30.3 Å². The Labute approximate surface area is 74.8 Å². The van der Waals surface area contributed by atoms with Gasteiger partial charge in [0.05, 0.1) is 5.69 Å². The van der Waals surface area contributed by atoms with Crippen molar-refractivity contribution in [3.05, 3.63) is 41.1 Å². The zero-order valence-electron chi connectivity index (χ0n) is 6.28. The third kappa shape index (κ3) is 1.31. The lowest BCUT2D eigenvalue weighted by Crippen LogP contribution is -1.73. The highest BCUT2D eigenvalue weighted by molar-refractivity contribution is 7.71. The van der Waals surface area contributed by atoms with E-state index in [0.29, 0.717) is 4.71 Å². The van der Waals surface area contributed by atoms with E-state index in [2.05, 4.69) is 5.16 Å². The van der Waals surface area contributed by atoms with E-state index in [9.17, 15) is 0 Å². The van der Waals surface area contributed by atoms with Crippen LogP contribution in [0.1, 0.15) is 0 Å². The van der Waals surface area contributed by atoms with Gasteiger partial charge in [-0.05, 0) is 12.2 Å². The molecule has 3 heteroatoms. The molecule has 0 spiro atoms. The molecule has 0 aliphatic heterocycles. The van der Waals surface area contributed by atoms with Crippen molar-refractivity contribution in [3.63, 3.8) is 0 Å². The molecule has 0 bridgehead atoms. The highest BCUT2D eigenvalue weighted by Crippen LogP contribution is 2.16. The summed E-state index contributed by atoms with van der Waals surface area (Å²) in [7, 11) is 0. The minimum absolute atomic E-state index is 0.480. The summed E-state index contributed by atoms with van der Waals surface area (Å²) in [6.07, 6.45) is 0.